The van der Waals surface area contributed by atoms with Crippen molar-refractivity contribution in [2.24, 2.45) is 0 Å². The lowest BCUT2D eigenvalue weighted by atomic mass is 10.3. The summed E-state index contributed by atoms with van der Waals surface area (Å²) in [6.07, 6.45) is 2.02. The zero-order valence-electron chi connectivity index (χ0n) is 9.88. The first-order valence-corrected chi connectivity index (χ1v) is 6.77. The molecule has 1 atom stereocenters. The van der Waals surface area contributed by atoms with E-state index in [1.807, 2.05) is 21.9 Å². The second-order valence-electron chi connectivity index (χ2n) is 4.57. The molecule has 2 fully saturated rings. The van der Waals surface area contributed by atoms with Gasteiger partial charge in [-0.05, 0) is 28.1 Å². The number of aromatic nitrogens is 1. The summed E-state index contributed by atoms with van der Waals surface area (Å²) in [4.78, 5) is 20.1. The normalized spacial score (nSPS) is 22.7. The number of rotatable bonds is 4. The molecule has 0 radical (unpaired) electrons. The highest BCUT2D eigenvalue weighted by Gasteiger charge is 2.34. The number of pyridine rings is 1. The first-order valence-electron chi connectivity index (χ1n) is 5.98. The molecule has 3 rings (SSSR count). The maximum atomic E-state index is 12.1. The molecular formula is C12H14BrN3O2. The van der Waals surface area contributed by atoms with Crippen molar-refractivity contribution >= 4 is 22.0 Å². The van der Waals surface area contributed by atoms with Crippen LogP contribution in [0.25, 0.3) is 0 Å². The van der Waals surface area contributed by atoms with Gasteiger partial charge in [-0.25, -0.2) is 4.79 Å². The van der Waals surface area contributed by atoms with Crippen LogP contribution in [0.1, 0.15) is 5.69 Å². The van der Waals surface area contributed by atoms with Crippen LogP contribution in [0.2, 0.25) is 0 Å². The van der Waals surface area contributed by atoms with Crippen molar-refractivity contribution in [1.82, 2.24) is 14.8 Å². The van der Waals surface area contributed by atoms with Gasteiger partial charge >= 0.3 is 6.03 Å². The van der Waals surface area contributed by atoms with Gasteiger partial charge in [0.2, 0.25) is 0 Å². The van der Waals surface area contributed by atoms with Crippen LogP contribution >= 0.6 is 15.9 Å². The predicted octanol–water partition coefficient (Wildman–Crippen LogP) is 1.48. The SMILES string of the molecule is O=C1N(Cc2ccc(Br)cn2)CCN1CC1CO1. The molecule has 0 saturated carbocycles. The Hall–Kier alpha value is -1.14. The number of epoxide rings is 1. The van der Waals surface area contributed by atoms with Crippen LogP contribution in [0.4, 0.5) is 4.79 Å². The molecule has 1 aromatic heterocycles. The molecule has 0 aromatic carbocycles. The standard InChI is InChI=1S/C12H14BrN3O2/c13-9-1-2-10(14-5-9)6-15-3-4-16(12(15)17)7-11-8-18-11/h1-2,5,11H,3-4,6-8H2. The van der Waals surface area contributed by atoms with Gasteiger partial charge < -0.3 is 14.5 Å². The molecule has 2 saturated heterocycles. The van der Waals surface area contributed by atoms with E-state index in [0.717, 1.165) is 36.4 Å². The number of ether oxygens (including phenoxy) is 1. The number of carbonyl (C=O) groups excluding carboxylic acids is 1. The minimum atomic E-state index is 0.0928. The number of hydrogen-bond donors (Lipinski definition) is 0. The molecule has 0 bridgehead atoms. The minimum Gasteiger partial charge on any atom is -0.371 e. The minimum absolute atomic E-state index is 0.0928. The Morgan fingerprint density at radius 2 is 2.17 bits per heavy atom. The van der Waals surface area contributed by atoms with Gasteiger partial charge in [-0.1, -0.05) is 0 Å². The second-order valence-corrected chi connectivity index (χ2v) is 5.49. The molecule has 1 unspecified atom stereocenters. The highest BCUT2D eigenvalue weighted by atomic mass is 79.9. The Kier molecular flexibility index (Phi) is 3.22. The van der Waals surface area contributed by atoms with E-state index in [0.29, 0.717) is 6.54 Å². The fraction of sp³-hybridized carbons (Fsp3) is 0.500. The van der Waals surface area contributed by atoms with Crippen molar-refractivity contribution in [1.29, 1.82) is 0 Å². The number of carbonyl (C=O) groups is 1. The highest BCUT2D eigenvalue weighted by Crippen LogP contribution is 2.17. The molecule has 2 aliphatic heterocycles. The Labute approximate surface area is 114 Å². The average Bonchev–Trinajstić information content (AvgIpc) is 3.12. The zero-order chi connectivity index (χ0) is 12.5. The maximum Gasteiger partial charge on any atom is 0.320 e. The van der Waals surface area contributed by atoms with Crippen molar-refractivity contribution in [3.05, 3.63) is 28.5 Å². The van der Waals surface area contributed by atoms with Gasteiger partial charge in [-0.3, -0.25) is 4.98 Å². The van der Waals surface area contributed by atoms with E-state index in [1.165, 1.54) is 0 Å². The number of nitrogens with zero attached hydrogens (tertiary/aromatic N) is 3. The van der Waals surface area contributed by atoms with E-state index >= 15 is 0 Å². The number of amides is 2. The Balaban J connectivity index is 1.59. The Morgan fingerprint density at radius 3 is 2.83 bits per heavy atom. The van der Waals surface area contributed by atoms with Crippen LogP contribution in [0.3, 0.4) is 0 Å². The highest BCUT2D eigenvalue weighted by molar-refractivity contribution is 9.10. The fourth-order valence-electron chi connectivity index (χ4n) is 2.06. The van der Waals surface area contributed by atoms with Crippen LogP contribution in [-0.2, 0) is 11.3 Å². The van der Waals surface area contributed by atoms with Crippen molar-refractivity contribution in [2.45, 2.75) is 12.6 Å². The maximum absolute atomic E-state index is 12.1. The van der Waals surface area contributed by atoms with Crippen molar-refractivity contribution in [2.75, 3.05) is 26.2 Å². The molecule has 3 heterocycles. The lowest BCUT2D eigenvalue weighted by molar-refractivity contribution is 0.186. The van der Waals surface area contributed by atoms with Crippen LogP contribution < -0.4 is 0 Å². The van der Waals surface area contributed by atoms with Crippen molar-refractivity contribution in [3.8, 4) is 0 Å². The molecule has 96 valence electrons. The second kappa shape index (κ2) is 4.85. The molecule has 1 aromatic rings. The van der Waals surface area contributed by atoms with E-state index < -0.39 is 0 Å². The van der Waals surface area contributed by atoms with E-state index in [2.05, 4.69) is 20.9 Å². The Morgan fingerprint density at radius 1 is 1.39 bits per heavy atom. The van der Waals surface area contributed by atoms with Crippen LogP contribution in [0.15, 0.2) is 22.8 Å². The third-order valence-corrected chi connectivity index (χ3v) is 3.62. The van der Waals surface area contributed by atoms with Gasteiger partial charge in [-0.2, -0.15) is 0 Å². The summed E-state index contributed by atoms with van der Waals surface area (Å²) < 4.78 is 6.11. The van der Waals surface area contributed by atoms with Gasteiger partial charge in [0.25, 0.3) is 0 Å². The smallest absolute Gasteiger partial charge is 0.320 e. The Bertz CT molecular complexity index is 447. The van der Waals surface area contributed by atoms with Crippen molar-refractivity contribution < 1.29 is 9.53 Å². The van der Waals surface area contributed by atoms with Crippen molar-refractivity contribution in [3.63, 3.8) is 0 Å². The average molecular weight is 312 g/mol. The summed E-state index contributed by atoms with van der Waals surface area (Å²) in [5.41, 5.74) is 0.913. The molecule has 0 N–H and O–H groups in total. The molecule has 18 heavy (non-hydrogen) atoms. The lowest BCUT2D eigenvalue weighted by Gasteiger charge is -2.17. The molecule has 2 aliphatic rings. The first kappa shape index (κ1) is 11.9. The van der Waals surface area contributed by atoms with Gasteiger partial charge in [0.1, 0.15) is 0 Å². The zero-order valence-corrected chi connectivity index (χ0v) is 11.5. The van der Waals surface area contributed by atoms with Crippen LogP contribution in [-0.4, -0.2) is 53.2 Å². The third kappa shape index (κ3) is 2.64. The van der Waals surface area contributed by atoms with Gasteiger partial charge in [0.15, 0.2) is 0 Å². The van der Waals surface area contributed by atoms with E-state index in [4.69, 9.17) is 4.74 Å². The van der Waals surface area contributed by atoms with Crippen LogP contribution in [0, 0.1) is 0 Å². The van der Waals surface area contributed by atoms with Gasteiger partial charge in [0, 0.05) is 23.8 Å². The summed E-state index contributed by atoms with van der Waals surface area (Å²) >= 11 is 3.35. The summed E-state index contributed by atoms with van der Waals surface area (Å²) in [6.45, 7) is 3.65. The quantitative estimate of drug-likeness (QED) is 0.791. The summed E-state index contributed by atoms with van der Waals surface area (Å²) in [7, 11) is 0. The molecule has 6 heteroatoms. The topological polar surface area (TPSA) is 49.0 Å². The molecular weight excluding hydrogens is 298 g/mol. The molecule has 2 amide bonds. The first-order chi connectivity index (χ1) is 8.72. The number of urea groups is 1. The summed E-state index contributed by atoms with van der Waals surface area (Å²) in [5, 5.41) is 0. The molecule has 0 spiro atoms. The summed E-state index contributed by atoms with van der Waals surface area (Å²) in [6, 6.07) is 3.97. The van der Waals surface area contributed by atoms with E-state index in [-0.39, 0.29) is 12.1 Å². The number of halogens is 1. The largest absolute Gasteiger partial charge is 0.371 e. The summed E-state index contributed by atoms with van der Waals surface area (Å²) in [5.74, 6) is 0. The van der Waals surface area contributed by atoms with E-state index in [9.17, 15) is 4.79 Å². The van der Waals surface area contributed by atoms with E-state index in [1.54, 1.807) is 6.20 Å². The van der Waals surface area contributed by atoms with Gasteiger partial charge in [0.05, 0.1) is 31.5 Å². The molecule has 0 aliphatic carbocycles. The monoisotopic (exact) mass is 311 g/mol. The third-order valence-electron chi connectivity index (χ3n) is 3.15. The van der Waals surface area contributed by atoms with Gasteiger partial charge in [-0.15, -0.1) is 0 Å². The fourth-order valence-corrected chi connectivity index (χ4v) is 2.30. The lowest BCUT2D eigenvalue weighted by Crippen LogP contribution is -2.34. The number of hydrogen-bond acceptors (Lipinski definition) is 3. The predicted molar refractivity (Wildman–Crippen MR) is 69.1 cm³/mol. The molecule has 5 nitrogen and oxygen atoms in total. The van der Waals surface area contributed by atoms with Crippen LogP contribution in [0.5, 0.6) is 0 Å².